The molecule has 0 saturated carbocycles. The van der Waals surface area contributed by atoms with Gasteiger partial charge in [0.1, 0.15) is 12.1 Å². The maximum absolute atomic E-state index is 13.1. The Morgan fingerprint density at radius 2 is 1.97 bits per heavy atom. The number of carboxylic acids is 1. The number of ether oxygens (including phenoxy) is 2. The molecule has 2 N–H and O–H groups in total. The number of unbranched alkanes of at least 4 members (excludes halogenated alkanes) is 1. The van der Waals surface area contributed by atoms with Gasteiger partial charge in [0.05, 0.1) is 19.1 Å². The molecule has 10 heteroatoms. The fourth-order valence-corrected chi connectivity index (χ4v) is 5.01. The first-order valence-electron chi connectivity index (χ1n) is 9.53. The van der Waals surface area contributed by atoms with Crippen molar-refractivity contribution in [3.8, 4) is 11.5 Å². The summed E-state index contributed by atoms with van der Waals surface area (Å²) < 4.78 is 37.7. The highest BCUT2D eigenvalue weighted by molar-refractivity contribution is 7.89. The number of sulfonamides is 1. The molecule has 1 saturated heterocycles. The molecule has 2 unspecified atom stereocenters. The lowest BCUT2D eigenvalue weighted by Crippen LogP contribution is -2.50. The molecule has 29 heavy (non-hydrogen) atoms. The highest BCUT2D eigenvalue weighted by Crippen LogP contribution is 2.33. The minimum Gasteiger partial charge on any atom is -0.493 e. The van der Waals surface area contributed by atoms with E-state index in [9.17, 15) is 23.1 Å². The third kappa shape index (κ3) is 5.18. The Morgan fingerprint density at radius 1 is 1.28 bits per heavy atom. The van der Waals surface area contributed by atoms with Crippen LogP contribution in [-0.2, 0) is 19.6 Å². The predicted molar refractivity (Wildman–Crippen MR) is 106 cm³/mol. The number of benzene rings is 1. The molecule has 1 amide bonds. The van der Waals surface area contributed by atoms with E-state index in [0.717, 1.165) is 10.7 Å². The molecule has 0 aliphatic carbocycles. The van der Waals surface area contributed by atoms with Gasteiger partial charge >= 0.3 is 5.97 Å². The zero-order valence-corrected chi connectivity index (χ0v) is 17.7. The first-order valence-corrected chi connectivity index (χ1v) is 11.0. The second-order valence-corrected chi connectivity index (χ2v) is 8.72. The van der Waals surface area contributed by atoms with Crippen molar-refractivity contribution in [2.75, 3.05) is 20.8 Å². The van der Waals surface area contributed by atoms with E-state index in [-0.39, 0.29) is 17.2 Å². The zero-order chi connectivity index (χ0) is 21.6. The second kappa shape index (κ2) is 9.93. The number of carbonyl (C=O) groups excluding carboxylic acids is 1. The van der Waals surface area contributed by atoms with Crippen LogP contribution in [0.2, 0.25) is 0 Å². The number of nitrogens with zero attached hydrogens (tertiary/aromatic N) is 1. The largest absolute Gasteiger partial charge is 0.493 e. The molecule has 1 fully saturated rings. The van der Waals surface area contributed by atoms with E-state index in [1.807, 2.05) is 6.92 Å². The van der Waals surface area contributed by atoms with Crippen LogP contribution in [0.1, 0.15) is 39.0 Å². The summed E-state index contributed by atoms with van der Waals surface area (Å²) in [6, 6.07) is 2.25. The van der Waals surface area contributed by atoms with Crippen molar-refractivity contribution in [1.29, 1.82) is 0 Å². The molecule has 1 aliphatic heterocycles. The van der Waals surface area contributed by atoms with E-state index >= 15 is 0 Å². The van der Waals surface area contributed by atoms with Crippen LogP contribution in [0.4, 0.5) is 0 Å². The topological polar surface area (TPSA) is 122 Å². The average molecular weight is 429 g/mol. The summed E-state index contributed by atoms with van der Waals surface area (Å²) in [5.74, 6) is -1.06. The Kier molecular flexibility index (Phi) is 7.86. The highest BCUT2D eigenvalue weighted by atomic mass is 32.2. The molecule has 0 radical (unpaired) electrons. The molecule has 162 valence electrons. The Bertz CT molecular complexity index is 841. The van der Waals surface area contributed by atoms with E-state index in [0.29, 0.717) is 31.4 Å². The fraction of sp³-hybridized carbons (Fsp3) is 0.579. The van der Waals surface area contributed by atoms with Crippen LogP contribution in [0, 0.1) is 0 Å². The van der Waals surface area contributed by atoms with Crippen LogP contribution in [-0.4, -0.2) is 62.6 Å². The summed E-state index contributed by atoms with van der Waals surface area (Å²) in [6.45, 7) is 2.11. The minimum absolute atomic E-state index is 0.0179. The lowest BCUT2D eigenvalue weighted by atomic mass is 10.1. The van der Waals surface area contributed by atoms with Gasteiger partial charge in [-0.15, -0.1) is 0 Å². The van der Waals surface area contributed by atoms with Crippen molar-refractivity contribution in [1.82, 2.24) is 9.62 Å². The monoisotopic (exact) mass is 428 g/mol. The van der Waals surface area contributed by atoms with Crippen LogP contribution in [0.3, 0.4) is 0 Å². The van der Waals surface area contributed by atoms with Crippen molar-refractivity contribution >= 4 is 21.9 Å². The molecule has 1 aliphatic rings. The van der Waals surface area contributed by atoms with Crippen LogP contribution >= 0.6 is 0 Å². The van der Waals surface area contributed by atoms with Crippen LogP contribution < -0.4 is 14.8 Å². The molecule has 1 aromatic rings. The number of aliphatic carboxylic acids is 1. The fourth-order valence-electron chi connectivity index (χ4n) is 3.34. The minimum atomic E-state index is -3.97. The van der Waals surface area contributed by atoms with Crippen molar-refractivity contribution in [3.63, 3.8) is 0 Å². The first kappa shape index (κ1) is 23.0. The van der Waals surface area contributed by atoms with Gasteiger partial charge in [0.2, 0.25) is 15.9 Å². The van der Waals surface area contributed by atoms with E-state index < -0.39 is 34.0 Å². The molecule has 0 bridgehead atoms. The van der Waals surface area contributed by atoms with E-state index in [4.69, 9.17) is 9.47 Å². The van der Waals surface area contributed by atoms with Gasteiger partial charge in [-0.25, -0.2) is 13.2 Å². The van der Waals surface area contributed by atoms with Gasteiger partial charge in [-0.1, -0.05) is 19.8 Å². The number of nitrogens with one attached hydrogen (secondary N) is 1. The normalized spacial score (nSPS) is 18.2. The molecule has 2 atom stereocenters. The van der Waals surface area contributed by atoms with Gasteiger partial charge in [-0.2, -0.15) is 4.31 Å². The molecule has 1 aromatic carbocycles. The smallest absolute Gasteiger partial charge is 0.326 e. The number of amides is 1. The first-order chi connectivity index (χ1) is 13.8. The molecule has 0 aromatic heterocycles. The number of hydrogen-bond donors (Lipinski definition) is 2. The van der Waals surface area contributed by atoms with E-state index in [1.165, 1.54) is 32.4 Å². The van der Waals surface area contributed by atoms with Gasteiger partial charge in [0, 0.05) is 12.6 Å². The summed E-state index contributed by atoms with van der Waals surface area (Å²) in [5, 5.41) is 11.8. The molecule has 2 rings (SSSR count). The molecular formula is C19H28N2O7S. The zero-order valence-electron chi connectivity index (χ0n) is 16.9. The van der Waals surface area contributed by atoms with Crippen molar-refractivity contribution in [2.45, 2.75) is 56.0 Å². The predicted octanol–water partition coefficient (Wildman–Crippen LogP) is 1.62. The maximum atomic E-state index is 13.1. The molecule has 9 nitrogen and oxygen atoms in total. The van der Waals surface area contributed by atoms with Crippen molar-refractivity contribution in [3.05, 3.63) is 18.2 Å². The Hall–Kier alpha value is -2.33. The second-order valence-electron chi connectivity index (χ2n) is 6.83. The molecule has 1 heterocycles. The number of carboxylic acid groups (broad SMARTS) is 1. The average Bonchev–Trinajstić information content (AvgIpc) is 3.21. The molecule has 0 spiro atoms. The maximum Gasteiger partial charge on any atom is 0.326 e. The SMILES string of the molecule is CCCCC(NC(=O)C1CCCN1S(=O)(=O)c1ccc(OC)c(OC)c1)C(=O)O. The van der Waals surface area contributed by atoms with E-state index in [2.05, 4.69) is 5.32 Å². The van der Waals surface area contributed by atoms with Gasteiger partial charge in [-0.3, -0.25) is 4.79 Å². The quantitative estimate of drug-likeness (QED) is 0.580. The number of carbonyl (C=O) groups is 2. The van der Waals surface area contributed by atoms with Crippen LogP contribution in [0.5, 0.6) is 11.5 Å². The number of methoxy groups -OCH3 is 2. The number of hydrogen-bond acceptors (Lipinski definition) is 6. The van der Waals surface area contributed by atoms with Crippen molar-refractivity contribution < 1.29 is 32.6 Å². The summed E-state index contributed by atoms with van der Waals surface area (Å²) in [6.07, 6.45) is 2.58. The summed E-state index contributed by atoms with van der Waals surface area (Å²) in [7, 11) is -1.12. The Labute approximate surface area is 171 Å². The lowest BCUT2D eigenvalue weighted by Gasteiger charge is -2.25. The third-order valence-electron chi connectivity index (χ3n) is 4.93. The summed E-state index contributed by atoms with van der Waals surface area (Å²) in [4.78, 5) is 24.1. The Morgan fingerprint density at radius 3 is 2.55 bits per heavy atom. The van der Waals surface area contributed by atoms with Gasteiger partial charge in [0.15, 0.2) is 11.5 Å². The summed E-state index contributed by atoms with van der Waals surface area (Å²) in [5.41, 5.74) is 0. The van der Waals surface area contributed by atoms with Crippen LogP contribution in [0.25, 0.3) is 0 Å². The molecular weight excluding hydrogens is 400 g/mol. The lowest BCUT2D eigenvalue weighted by molar-refractivity contribution is -0.142. The van der Waals surface area contributed by atoms with Gasteiger partial charge < -0.3 is 19.9 Å². The van der Waals surface area contributed by atoms with Gasteiger partial charge in [0.25, 0.3) is 0 Å². The van der Waals surface area contributed by atoms with E-state index in [1.54, 1.807) is 0 Å². The summed E-state index contributed by atoms with van der Waals surface area (Å²) >= 11 is 0. The Balaban J connectivity index is 2.24. The number of rotatable bonds is 10. The standard InChI is InChI=1S/C19H28N2O7S/c1-4-5-7-14(19(23)24)20-18(22)15-8-6-11-21(15)29(25,26)13-9-10-16(27-2)17(12-13)28-3/h9-10,12,14-15H,4-8,11H2,1-3H3,(H,20,22)(H,23,24). The van der Waals surface area contributed by atoms with Gasteiger partial charge in [-0.05, 0) is 31.4 Å². The van der Waals surface area contributed by atoms with Crippen LogP contribution in [0.15, 0.2) is 23.1 Å². The highest BCUT2D eigenvalue weighted by Gasteiger charge is 2.40. The van der Waals surface area contributed by atoms with Crippen molar-refractivity contribution in [2.24, 2.45) is 0 Å². The third-order valence-corrected chi connectivity index (χ3v) is 6.83.